The maximum atomic E-state index is 6.55. The van der Waals surface area contributed by atoms with Gasteiger partial charge in [0.15, 0.2) is 5.96 Å². The van der Waals surface area contributed by atoms with Gasteiger partial charge in [-0.3, -0.25) is 4.99 Å². The fraction of sp³-hybridized carbons (Fsp3) is 0.632. The Morgan fingerprint density at radius 2 is 2.07 bits per heavy atom. The lowest BCUT2D eigenvalue weighted by Crippen LogP contribution is -2.49. The largest absolute Gasteiger partial charge is 0.381 e. The van der Waals surface area contributed by atoms with Gasteiger partial charge in [0.1, 0.15) is 0 Å². The van der Waals surface area contributed by atoms with E-state index in [-0.39, 0.29) is 29.4 Å². The summed E-state index contributed by atoms with van der Waals surface area (Å²) >= 11 is 14.7. The van der Waals surface area contributed by atoms with Crippen molar-refractivity contribution in [1.82, 2.24) is 10.6 Å². The van der Waals surface area contributed by atoms with Crippen molar-refractivity contribution in [3.05, 3.63) is 33.8 Å². The number of aliphatic imine (C=N–C) groups is 1. The number of hydrogen-bond donors (Lipinski definition) is 2. The van der Waals surface area contributed by atoms with E-state index < -0.39 is 0 Å². The topological polar surface area (TPSA) is 45.7 Å². The lowest BCUT2D eigenvalue weighted by molar-refractivity contribution is 0.0514. The van der Waals surface area contributed by atoms with Crippen LogP contribution in [0, 0.1) is 0 Å². The molecule has 0 aromatic heterocycles. The molecule has 2 saturated heterocycles. The minimum atomic E-state index is -0.0698. The van der Waals surface area contributed by atoms with E-state index in [1.54, 1.807) is 0 Å². The first-order valence-electron chi connectivity index (χ1n) is 9.22. The predicted octanol–water partition coefficient (Wildman–Crippen LogP) is 4.72. The molecule has 1 atom stereocenters. The van der Waals surface area contributed by atoms with Gasteiger partial charge in [0.05, 0.1) is 0 Å². The van der Waals surface area contributed by atoms with Crippen molar-refractivity contribution in [3.63, 3.8) is 0 Å². The highest BCUT2D eigenvalue weighted by molar-refractivity contribution is 14.0. The molecule has 27 heavy (non-hydrogen) atoms. The van der Waals surface area contributed by atoms with Gasteiger partial charge in [0.2, 0.25) is 0 Å². The van der Waals surface area contributed by atoms with Crippen LogP contribution in [-0.2, 0) is 10.2 Å². The van der Waals surface area contributed by atoms with Crippen LogP contribution in [0.4, 0.5) is 0 Å². The molecule has 2 N–H and O–H groups in total. The Morgan fingerprint density at radius 3 is 2.70 bits per heavy atom. The molecular weight excluding hydrogens is 516 g/mol. The molecule has 0 saturated carbocycles. The predicted molar refractivity (Wildman–Crippen MR) is 128 cm³/mol. The van der Waals surface area contributed by atoms with Crippen molar-refractivity contribution >= 4 is 64.9 Å². The minimum Gasteiger partial charge on any atom is -0.381 e. The number of nitrogens with one attached hydrogen (secondary N) is 2. The third-order valence-corrected chi connectivity index (χ3v) is 7.24. The Bertz CT molecular complexity index is 635. The van der Waals surface area contributed by atoms with E-state index in [0.29, 0.717) is 10.3 Å². The fourth-order valence-corrected chi connectivity index (χ4v) is 5.52. The average molecular weight is 544 g/mol. The van der Waals surface area contributed by atoms with Crippen LogP contribution < -0.4 is 10.6 Å². The van der Waals surface area contributed by atoms with E-state index in [9.17, 15) is 0 Å². The summed E-state index contributed by atoms with van der Waals surface area (Å²) in [7, 11) is 1.82. The number of ether oxygens (including phenoxy) is 1. The van der Waals surface area contributed by atoms with Crippen LogP contribution in [0.2, 0.25) is 10.0 Å². The summed E-state index contributed by atoms with van der Waals surface area (Å²) in [4.78, 5) is 4.39. The van der Waals surface area contributed by atoms with Crippen molar-refractivity contribution in [2.45, 2.75) is 36.3 Å². The van der Waals surface area contributed by atoms with Crippen LogP contribution in [0.3, 0.4) is 0 Å². The van der Waals surface area contributed by atoms with Gasteiger partial charge in [-0.1, -0.05) is 29.3 Å². The SMILES string of the molecule is CN=C(NCC1CCCS1)NCC1(c2ccc(Cl)cc2Cl)CCOCC1.I. The highest BCUT2D eigenvalue weighted by Crippen LogP contribution is 2.39. The van der Waals surface area contributed by atoms with E-state index in [2.05, 4.69) is 21.7 Å². The molecule has 1 aromatic carbocycles. The lowest BCUT2D eigenvalue weighted by atomic mass is 9.74. The Hall–Kier alpha value is 0.110. The van der Waals surface area contributed by atoms with E-state index in [1.807, 2.05) is 30.9 Å². The Kier molecular flexibility index (Phi) is 9.82. The number of guanidine groups is 1. The van der Waals surface area contributed by atoms with Crippen molar-refractivity contribution in [2.75, 3.05) is 39.1 Å². The standard InChI is InChI=1S/C19H27Cl2N3OS.HI/c1-22-18(23-12-15-3-2-10-26-15)24-13-19(6-8-25-9-7-19)16-5-4-14(20)11-17(16)21;/h4-5,11,15H,2-3,6-10,12-13H2,1H3,(H2,22,23,24);1H. The van der Waals surface area contributed by atoms with E-state index in [0.717, 1.165) is 55.7 Å². The zero-order valence-corrected chi connectivity index (χ0v) is 20.3. The molecule has 2 fully saturated rings. The van der Waals surface area contributed by atoms with Crippen LogP contribution in [0.25, 0.3) is 0 Å². The summed E-state index contributed by atoms with van der Waals surface area (Å²) in [5.41, 5.74) is 1.07. The monoisotopic (exact) mass is 543 g/mol. The molecule has 3 rings (SSSR count). The molecule has 8 heteroatoms. The second kappa shape index (κ2) is 11.3. The number of benzene rings is 1. The van der Waals surface area contributed by atoms with Gasteiger partial charge >= 0.3 is 0 Å². The Labute approximate surface area is 193 Å². The van der Waals surface area contributed by atoms with E-state index in [1.165, 1.54) is 18.6 Å². The molecule has 2 aliphatic rings. The van der Waals surface area contributed by atoms with Crippen molar-refractivity contribution < 1.29 is 4.74 Å². The number of hydrogen-bond acceptors (Lipinski definition) is 3. The molecule has 0 radical (unpaired) electrons. The van der Waals surface area contributed by atoms with Gasteiger partial charge in [-0.2, -0.15) is 11.8 Å². The molecule has 1 unspecified atom stereocenters. The second-order valence-corrected chi connectivity index (χ2v) is 9.21. The first-order chi connectivity index (χ1) is 12.6. The number of rotatable bonds is 5. The first kappa shape index (κ1) is 23.4. The van der Waals surface area contributed by atoms with Gasteiger partial charge in [-0.25, -0.2) is 0 Å². The van der Waals surface area contributed by atoms with E-state index in [4.69, 9.17) is 27.9 Å². The van der Waals surface area contributed by atoms with Crippen LogP contribution in [0.5, 0.6) is 0 Å². The zero-order chi connectivity index (χ0) is 18.4. The average Bonchev–Trinajstić information content (AvgIpc) is 3.16. The van der Waals surface area contributed by atoms with Crippen LogP contribution in [0.1, 0.15) is 31.2 Å². The molecule has 0 amide bonds. The highest BCUT2D eigenvalue weighted by Gasteiger charge is 2.36. The maximum Gasteiger partial charge on any atom is 0.191 e. The Balaban J connectivity index is 0.00000261. The molecule has 0 bridgehead atoms. The smallest absolute Gasteiger partial charge is 0.191 e. The minimum absolute atomic E-state index is 0. The second-order valence-electron chi connectivity index (χ2n) is 6.96. The lowest BCUT2D eigenvalue weighted by Gasteiger charge is -2.39. The molecule has 1 aromatic rings. The van der Waals surface area contributed by atoms with E-state index >= 15 is 0 Å². The van der Waals surface area contributed by atoms with Gasteiger partial charge in [0, 0.05) is 54.1 Å². The van der Waals surface area contributed by atoms with Gasteiger partial charge < -0.3 is 15.4 Å². The van der Waals surface area contributed by atoms with Crippen LogP contribution >= 0.6 is 58.9 Å². The van der Waals surface area contributed by atoms with Gasteiger partial charge in [-0.05, 0) is 49.1 Å². The molecule has 2 heterocycles. The summed E-state index contributed by atoms with van der Waals surface area (Å²) < 4.78 is 5.61. The molecular formula is C19H28Cl2IN3OS. The third kappa shape index (κ3) is 6.29. The quantitative estimate of drug-likeness (QED) is 0.320. The molecule has 2 aliphatic heterocycles. The van der Waals surface area contributed by atoms with Crippen LogP contribution in [0.15, 0.2) is 23.2 Å². The summed E-state index contributed by atoms with van der Waals surface area (Å²) in [5.74, 6) is 2.13. The van der Waals surface area contributed by atoms with Gasteiger partial charge in [-0.15, -0.1) is 24.0 Å². The Morgan fingerprint density at radius 1 is 1.30 bits per heavy atom. The number of halogens is 3. The van der Waals surface area contributed by atoms with Crippen molar-refractivity contribution in [3.8, 4) is 0 Å². The number of thioether (sulfide) groups is 1. The first-order valence-corrected chi connectivity index (χ1v) is 11.0. The fourth-order valence-electron chi connectivity index (χ4n) is 3.71. The normalized spacial score (nSPS) is 22.2. The molecule has 4 nitrogen and oxygen atoms in total. The molecule has 0 spiro atoms. The van der Waals surface area contributed by atoms with Crippen LogP contribution in [-0.4, -0.2) is 50.3 Å². The number of nitrogens with zero attached hydrogens (tertiary/aromatic N) is 1. The van der Waals surface area contributed by atoms with Crippen molar-refractivity contribution in [2.24, 2.45) is 4.99 Å². The highest BCUT2D eigenvalue weighted by atomic mass is 127. The van der Waals surface area contributed by atoms with Gasteiger partial charge in [0.25, 0.3) is 0 Å². The summed E-state index contributed by atoms with van der Waals surface area (Å²) in [5, 5.41) is 9.09. The molecule has 0 aliphatic carbocycles. The summed E-state index contributed by atoms with van der Waals surface area (Å²) in [6, 6.07) is 5.81. The summed E-state index contributed by atoms with van der Waals surface area (Å²) in [6.07, 6.45) is 4.46. The zero-order valence-electron chi connectivity index (χ0n) is 15.6. The third-order valence-electron chi connectivity index (χ3n) is 5.29. The van der Waals surface area contributed by atoms with Crippen molar-refractivity contribution in [1.29, 1.82) is 0 Å². The summed E-state index contributed by atoms with van der Waals surface area (Å²) in [6.45, 7) is 3.22. The molecule has 152 valence electrons. The maximum absolute atomic E-state index is 6.55.